The second-order valence-electron chi connectivity index (χ2n) is 4.14. The van der Waals surface area contributed by atoms with Gasteiger partial charge in [-0.2, -0.15) is 0 Å². The zero-order valence-electron chi connectivity index (χ0n) is 10.8. The molecule has 1 aromatic heterocycles. The number of nitrogens with one attached hydrogen (secondary N) is 1. The second-order valence-corrected chi connectivity index (χ2v) is 5.08. The Balaban J connectivity index is 2.54. The second kappa shape index (κ2) is 6.33. The molecule has 0 radical (unpaired) electrons. The molecule has 3 unspecified atom stereocenters. The number of hydrogen-bond acceptors (Lipinski definition) is 4. The molecule has 0 aliphatic rings. The van der Waals surface area contributed by atoms with Gasteiger partial charge < -0.3 is 10.1 Å². The van der Waals surface area contributed by atoms with Crippen molar-refractivity contribution in [1.29, 1.82) is 0 Å². The van der Waals surface area contributed by atoms with Gasteiger partial charge in [-0.25, -0.2) is 4.98 Å². The molecule has 0 amide bonds. The molecule has 92 valence electrons. The van der Waals surface area contributed by atoms with Crippen LogP contribution in [0.15, 0.2) is 5.38 Å². The van der Waals surface area contributed by atoms with Crippen LogP contribution in [-0.4, -0.2) is 24.2 Å². The summed E-state index contributed by atoms with van der Waals surface area (Å²) in [5, 5.41) is 6.85. The van der Waals surface area contributed by atoms with Crippen molar-refractivity contribution in [2.45, 2.75) is 52.3 Å². The summed E-state index contributed by atoms with van der Waals surface area (Å²) in [6.45, 7) is 8.49. The molecule has 0 aliphatic heterocycles. The van der Waals surface area contributed by atoms with E-state index in [0.717, 1.165) is 12.1 Å². The zero-order chi connectivity index (χ0) is 12.1. The molecule has 1 heterocycles. The fraction of sp³-hybridized carbons (Fsp3) is 0.750. The number of hydrogen-bond donors (Lipinski definition) is 1. The van der Waals surface area contributed by atoms with Gasteiger partial charge in [0.25, 0.3) is 0 Å². The summed E-state index contributed by atoms with van der Waals surface area (Å²) < 4.78 is 5.29. The van der Waals surface area contributed by atoms with Gasteiger partial charge in [0.15, 0.2) is 0 Å². The van der Waals surface area contributed by atoms with E-state index >= 15 is 0 Å². The molecule has 1 rings (SSSR count). The molecule has 3 atom stereocenters. The Morgan fingerprint density at radius 3 is 2.62 bits per heavy atom. The van der Waals surface area contributed by atoms with Gasteiger partial charge in [-0.1, -0.05) is 6.92 Å². The van der Waals surface area contributed by atoms with Crippen molar-refractivity contribution < 1.29 is 4.74 Å². The molecular formula is C12H22N2OS. The molecule has 0 spiro atoms. The summed E-state index contributed by atoms with van der Waals surface area (Å²) in [5.41, 5.74) is 1.14. The van der Waals surface area contributed by atoms with Crippen molar-refractivity contribution in [3.63, 3.8) is 0 Å². The van der Waals surface area contributed by atoms with E-state index in [1.165, 1.54) is 5.01 Å². The van der Waals surface area contributed by atoms with Crippen molar-refractivity contribution in [2.75, 3.05) is 7.11 Å². The third-order valence-corrected chi connectivity index (χ3v) is 3.92. The molecule has 16 heavy (non-hydrogen) atoms. The van der Waals surface area contributed by atoms with Gasteiger partial charge in [-0.15, -0.1) is 11.3 Å². The van der Waals surface area contributed by atoms with Crippen LogP contribution in [-0.2, 0) is 11.2 Å². The smallest absolute Gasteiger partial charge is 0.0926 e. The normalized spacial score (nSPS) is 17.1. The van der Waals surface area contributed by atoms with Crippen molar-refractivity contribution >= 4 is 11.3 Å². The van der Waals surface area contributed by atoms with Crippen LogP contribution < -0.4 is 5.32 Å². The van der Waals surface area contributed by atoms with Crippen LogP contribution in [0.4, 0.5) is 0 Å². The monoisotopic (exact) mass is 242 g/mol. The number of rotatable bonds is 6. The van der Waals surface area contributed by atoms with Crippen LogP contribution in [0.2, 0.25) is 0 Å². The third-order valence-electron chi connectivity index (χ3n) is 2.90. The van der Waals surface area contributed by atoms with E-state index in [4.69, 9.17) is 4.74 Å². The van der Waals surface area contributed by atoms with E-state index in [1.54, 1.807) is 18.4 Å². The fourth-order valence-electron chi connectivity index (χ4n) is 1.51. The molecule has 0 fully saturated rings. The number of aromatic nitrogens is 1. The predicted molar refractivity (Wildman–Crippen MR) is 69.0 cm³/mol. The van der Waals surface area contributed by atoms with Gasteiger partial charge in [-0.05, 0) is 27.2 Å². The summed E-state index contributed by atoms with van der Waals surface area (Å²) in [6, 6.07) is 0.607. The van der Waals surface area contributed by atoms with Crippen molar-refractivity contribution in [3.8, 4) is 0 Å². The van der Waals surface area contributed by atoms with E-state index in [-0.39, 0.29) is 12.1 Å². The lowest BCUT2D eigenvalue weighted by Gasteiger charge is -2.23. The largest absolute Gasteiger partial charge is 0.380 e. The van der Waals surface area contributed by atoms with Crippen LogP contribution in [0.3, 0.4) is 0 Å². The SMILES string of the molecule is CCc1nc(C(C)NC(C)C(C)OC)cs1. The van der Waals surface area contributed by atoms with E-state index in [0.29, 0.717) is 6.04 Å². The molecule has 0 aromatic carbocycles. The van der Waals surface area contributed by atoms with Crippen LogP contribution >= 0.6 is 11.3 Å². The van der Waals surface area contributed by atoms with Gasteiger partial charge >= 0.3 is 0 Å². The van der Waals surface area contributed by atoms with E-state index < -0.39 is 0 Å². The van der Waals surface area contributed by atoms with Crippen LogP contribution in [0.25, 0.3) is 0 Å². The third kappa shape index (κ3) is 3.54. The highest BCUT2D eigenvalue weighted by Crippen LogP contribution is 2.17. The van der Waals surface area contributed by atoms with E-state index in [2.05, 4.69) is 43.4 Å². The highest BCUT2D eigenvalue weighted by atomic mass is 32.1. The van der Waals surface area contributed by atoms with Crippen LogP contribution in [0.5, 0.6) is 0 Å². The Morgan fingerprint density at radius 1 is 1.44 bits per heavy atom. The predicted octanol–water partition coefficient (Wildman–Crippen LogP) is 2.78. The summed E-state index contributed by atoms with van der Waals surface area (Å²) >= 11 is 1.74. The Hall–Kier alpha value is -0.450. The average Bonchev–Trinajstić information content (AvgIpc) is 2.76. The van der Waals surface area contributed by atoms with E-state index in [9.17, 15) is 0 Å². The topological polar surface area (TPSA) is 34.2 Å². The molecular weight excluding hydrogens is 220 g/mol. The number of methoxy groups -OCH3 is 1. The molecule has 1 N–H and O–H groups in total. The first kappa shape index (κ1) is 13.6. The van der Waals surface area contributed by atoms with Crippen LogP contribution in [0.1, 0.15) is 44.4 Å². The van der Waals surface area contributed by atoms with Crippen LogP contribution in [0, 0.1) is 0 Å². The fourth-order valence-corrected chi connectivity index (χ4v) is 2.34. The van der Waals surface area contributed by atoms with Crippen molar-refractivity contribution in [1.82, 2.24) is 10.3 Å². The minimum absolute atomic E-state index is 0.215. The van der Waals surface area contributed by atoms with Gasteiger partial charge in [-0.3, -0.25) is 0 Å². The highest BCUT2D eigenvalue weighted by molar-refractivity contribution is 7.09. The Morgan fingerprint density at radius 2 is 2.12 bits per heavy atom. The summed E-state index contributed by atoms with van der Waals surface area (Å²) in [4.78, 5) is 4.58. The number of ether oxygens (including phenoxy) is 1. The van der Waals surface area contributed by atoms with Crippen molar-refractivity contribution in [2.24, 2.45) is 0 Å². The standard InChI is InChI=1S/C12H22N2OS/c1-6-12-14-11(7-16-12)9(3)13-8(2)10(4)15-5/h7-10,13H,6H2,1-5H3. The van der Waals surface area contributed by atoms with E-state index in [1.807, 2.05) is 0 Å². The van der Waals surface area contributed by atoms with Gasteiger partial charge in [0.05, 0.1) is 16.8 Å². The summed E-state index contributed by atoms with van der Waals surface area (Å²) in [7, 11) is 1.74. The number of thiazole rings is 1. The zero-order valence-corrected chi connectivity index (χ0v) is 11.6. The molecule has 1 aromatic rings. The lowest BCUT2D eigenvalue weighted by Crippen LogP contribution is -2.38. The first-order valence-electron chi connectivity index (χ1n) is 5.81. The maximum Gasteiger partial charge on any atom is 0.0926 e. The maximum atomic E-state index is 5.29. The molecule has 0 saturated heterocycles. The first-order valence-corrected chi connectivity index (χ1v) is 6.69. The molecule has 4 heteroatoms. The lowest BCUT2D eigenvalue weighted by atomic mass is 10.1. The Bertz CT molecular complexity index is 314. The molecule has 3 nitrogen and oxygen atoms in total. The molecule has 0 bridgehead atoms. The van der Waals surface area contributed by atoms with Gasteiger partial charge in [0.2, 0.25) is 0 Å². The Kier molecular flexibility index (Phi) is 5.38. The van der Waals surface area contributed by atoms with Gasteiger partial charge in [0, 0.05) is 24.6 Å². The first-order chi connectivity index (χ1) is 7.58. The molecule has 0 aliphatic carbocycles. The summed E-state index contributed by atoms with van der Waals surface area (Å²) in [6.07, 6.45) is 1.23. The Labute approximate surface area is 102 Å². The average molecular weight is 242 g/mol. The number of nitrogens with zero attached hydrogens (tertiary/aromatic N) is 1. The van der Waals surface area contributed by atoms with Gasteiger partial charge in [0.1, 0.15) is 0 Å². The number of aryl methyl sites for hydroxylation is 1. The quantitative estimate of drug-likeness (QED) is 0.833. The summed E-state index contributed by atoms with van der Waals surface area (Å²) in [5.74, 6) is 0. The molecule has 0 saturated carbocycles. The minimum atomic E-state index is 0.215. The highest BCUT2D eigenvalue weighted by Gasteiger charge is 2.16. The van der Waals surface area contributed by atoms with Crippen molar-refractivity contribution in [3.05, 3.63) is 16.1 Å². The minimum Gasteiger partial charge on any atom is -0.380 e. The lowest BCUT2D eigenvalue weighted by molar-refractivity contribution is 0.0850. The maximum absolute atomic E-state index is 5.29.